The monoisotopic (exact) mass is 447 g/mol. The lowest BCUT2D eigenvalue weighted by Crippen LogP contribution is -2.42. The molecule has 10 heteroatoms. The molecule has 2 aromatic carbocycles. The highest BCUT2D eigenvalue weighted by molar-refractivity contribution is 7.07. The summed E-state index contributed by atoms with van der Waals surface area (Å²) in [6, 6.07) is 7.10. The molecule has 0 fully saturated rings. The first kappa shape index (κ1) is 20.9. The molecule has 0 radical (unpaired) electrons. The fourth-order valence-corrected chi connectivity index (χ4v) is 4.26. The zero-order valence-electron chi connectivity index (χ0n) is 17.0. The molecule has 0 N–H and O–H groups in total. The average molecular weight is 447 g/mol. The summed E-state index contributed by atoms with van der Waals surface area (Å²) in [5, 5.41) is 0. The Labute approximate surface area is 180 Å². The topological polar surface area (TPSA) is 65.3 Å². The van der Waals surface area contributed by atoms with Crippen molar-refractivity contribution in [3.05, 3.63) is 67.2 Å². The molecule has 162 valence electrons. The van der Waals surface area contributed by atoms with Crippen molar-refractivity contribution in [1.82, 2.24) is 4.57 Å². The van der Waals surface area contributed by atoms with Crippen LogP contribution in [-0.2, 0) is 6.67 Å². The van der Waals surface area contributed by atoms with Crippen LogP contribution in [0.25, 0.3) is 6.08 Å². The summed E-state index contributed by atoms with van der Waals surface area (Å²) in [7, 11) is 4.56. The van der Waals surface area contributed by atoms with E-state index in [4.69, 9.17) is 14.2 Å². The zero-order chi connectivity index (χ0) is 22.1. The number of anilines is 1. The first-order chi connectivity index (χ1) is 14.9. The second kappa shape index (κ2) is 8.38. The third-order valence-corrected chi connectivity index (χ3v) is 5.87. The van der Waals surface area contributed by atoms with Gasteiger partial charge in [0.1, 0.15) is 13.3 Å². The normalized spacial score (nSPS) is 13.6. The number of fused-ring (bicyclic) bond motifs is 1. The number of nitrogens with zero attached hydrogens (tertiary/aromatic N) is 3. The third-order valence-electron chi connectivity index (χ3n) is 4.83. The van der Waals surface area contributed by atoms with Crippen LogP contribution in [0.5, 0.6) is 17.2 Å². The van der Waals surface area contributed by atoms with Crippen molar-refractivity contribution >= 4 is 23.1 Å². The van der Waals surface area contributed by atoms with Crippen molar-refractivity contribution in [2.24, 2.45) is 4.99 Å². The van der Waals surface area contributed by atoms with E-state index >= 15 is 0 Å². The molecule has 4 rings (SSSR count). The van der Waals surface area contributed by atoms with Gasteiger partial charge in [-0.2, -0.15) is 0 Å². The van der Waals surface area contributed by atoms with E-state index in [1.165, 1.54) is 43.3 Å². The highest BCUT2D eigenvalue weighted by Gasteiger charge is 2.18. The molecular weight excluding hydrogens is 428 g/mol. The van der Waals surface area contributed by atoms with Crippen LogP contribution in [0.15, 0.2) is 40.1 Å². The Morgan fingerprint density at radius 3 is 2.35 bits per heavy atom. The van der Waals surface area contributed by atoms with E-state index in [-0.39, 0.29) is 18.9 Å². The van der Waals surface area contributed by atoms with Gasteiger partial charge < -0.3 is 19.1 Å². The van der Waals surface area contributed by atoms with Gasteiger partial charge >= 0.3 is 0 Å². The van der Waals surface area contributed by atoms with Crippen molar-refractivity contribution in [2.45, 2.75) is 6.67 Å². The number of methoxy groups -OCH3 is 3. The number of aromatic nitrogens is 1. The maximum atomic E-state index is 13.6. The largest absolute Gasteiger partial charge is 0.493 e. The van der Waals surface area contributed by atoms with Crippen LogP contribution in [-0.4, -0.2) is 32.6 Å². The average Bonchev–Trinajstić information content (AvgIpc) is 3.09. The molecule has 0 saturated heterocycles. The summed E-state index contributed by atoms with van der Waals surface area (Å²) < 4.78 is 44.9. The SMILES string of the molecule is COc1cc(C=c2sc3n(c2=O)CN(c2ccc(F)c(F)c2)CN=3)cc(OC)c1OC. The summed E-state index contributed by atoms with van der Waals surface area (Å²) in [4.78, 5) is 19.7. The molecule has 0 unspecified atom stereocenters. The smallest absolute Gasteiger partial charge is 0.271 e. The molecule has 0 saturated carbocycles. The number of thiazole rings is 1. The Balaban J connectivity index is 1.73. The number of benzene rings is 2. The van der Waals surface area contributed by atoms with E-state index in [0.717, 1.165) is 12.1 Å². The molecule has 1 aliphatic heterocycles. The van der Waals surface area contributed by atoms with Crippen molar-refractivity contribution in [3.8, 4) is 17.2 Å². The minimum absolute atomic E-state index is 0.183. The van der Waals surface area contributed by atoms with E-state index in [1.54, 1.807) is 23.1 Å². The Morgan fingerprint density at radius 2 is 1.74 bits per heavy atom. The summed E-state index contributed by atoms with van der Waals surface area (Å²) in [5.41, 5.74) is 0.912. The van der Waals surface area contributed by atoms with Crippen LogP contribution in [0, 0.1) is 11.6 Å². The predicted molar refractivity (Wildman–Crippen MR) is 113 cm³/mol. The number of hydrogen-bond donors (Lipinski definition) is 0. The molecule has 0 aliphatic carbocycles. The predicted octanol–water partition coefficient (Wildman–Crippen LogP) is 2.10. The lowest BCUT2D eigenvalue weighted by molar-refractivity contribution is 0.324. The minimum atomic E-state index is -0.947. The van der Waals surface area contributed by atoms with Crippen molar-refractivity contribution in [3.63, 3.8) is 0 Å². The van der Waals surface area contributed by atoms with Gasteiger partial charge in [-0.25, -0.2) is 13.8 Å². The van der Waals surface area contributed by atoms with E-state index < -0.39 is 11.6 Å². The van der Waals surface area contributed by atoms with Gasteiger partial charge in [0.25, 0.3) is 5.56 Å². The van der Waals surface area contributed by atoms with Crippen LogP contribution < -0.4 is 34.0 Å². The molecule has 2 heterocycles. The number of halogens is 2. The maximum Gasteiger partial charge on any atom is 0.271 e. The van der Waals surface area contributed by atoms with E-state index in [9.17, 15) is 13.6 Å². The second-order valence-corrected chi connectivity index (χ2v) is 7.67. The third kappa shape index (κ3) is 3.86. The first-order valence-electron chi connectivity index (χ1n) is 9.21. The summed E-state index contributed by atoms with van der Waals surface area (Å²) >= 11 is 1.25. The molecule has 7 nitrogen and oxygen atoms in total. The quantitative estimate of drug-likeness (QED) is 0.600. The van der Waals surface area contributed by atoms with Crippen LogP contribution >= 0.6 is 11.3 Å². The second-order valence-electron chi connectivity index (χ2n) is 6.66. The van der Waals surface area contributed by atoms with E-state index in [2.05, 4.69) is 4.99 Å². The molecular formula is C21H19F2N3O4S. The van der Waals surface area contributed by atoms with Crippen LogP contribution in [0.2, 0.25) is 0 Å². The molecule has 0 spiro atoms. The molecule has 3 aromatic rings. The summed E-state index contributed by atoms with van der Waals surface area (Å²) in [6.07, 6.45) is 1.72. The van der Waals surface area contributed by atoms with Gasteiger partial charge in [0, 0.05) is 11.8 Å². The highest BCUT2D eigenvalue weighted by atomic mass is 32.1. The lowest BCUT2D eigenvalue weighted by Gasteiger charge is -2.25. The van der Waals surface area contributed by atoms with Gasteiger partial charge in [0.2, 0.25) is 5.75 Å². The highest BCUT2D eigenvalue weighted by Crippen LogP contribution is 2.38. The number of ether oxygens (including phenoxy) is 3. The summed E-state index contributed by atoms with van der Waals surface area (Å²) in [5.74, 6) is -0.459. The van der Waals surface area contributed by atoms with Gasteiger partial charge in [-0.1, -0.05) is 11.3 Å². The Kier molecular flexibility index (Phi) is 5.64. The Hall–Kier alpha value is -3.40. The maximum absolute atomic E-state index is 13.6. The Morgan fingerprint density at radius 1 is 1.03 bits per heavy atom. The van der Waals surface area contributed by atoms with Gasteiger partial charge in [-0.3, -0.25) is 9.36 Å². The first-order valence-corrected chi connectivity index (χ1v) is 10.0. The van der Waals surface area contributed by atoms with Crippen molar-refractivity contribution in [1.29, 1.82) is 0 Å². The van der Waals surface area contributed by atoms with Crippen LogP contribution in [0.1, 0.15) is 5.56 Å². The molecule has 31 heavy (non-hydrogen) atoms. The van der Waals surface area contributed by atoms with Crippen LogP contribution in [0.4, 0.5) is 14.5 Å². The number of rotatable bonds is 5. The molecule has 1 aliphatic rings. The van der Waals surface area contributed by atoms with Gasteiger partial charge in [0.05, 0.1) is 25.9 Å². The summed E-state index contributed by atoms with van der Waals surface area (Å²) in [6.45, 7) is 0.414. The molecule has 0 bridgehead atoms. The molecule has 1 aromatic heterocycles. The Bertz CT molecular complexity index is 1290. The fraction of sp³-hybridized carbons (Fsp3) is 0.238. The van der Waals surface area contributed by atoms with Crippen LogP contribution in [0.3, 0.4) is 0 Å². The minimum Gasteiger partial charge on any atom is -0.493 e. The van der Waals surface area contributed by atoms with Crippen molar-refractivity contribution < 1.29 is 23.0 Å². The standard InChI is InChI=1S/C21H19F2N3O4S/c1-28-16-6-12(7-17(29-2)19(16)30-3)8-18-20(27)26-11-25(10-24-21(26)31-18)13-4-5-14(22)15(23)9-13/h4-9H,10-11H2,1-3H3. The number of hydrogen-bond acceptors (Lipinski definition) is 7. The fourth-order valence-electron chi connectivity index (χ4n) is 3.29. The van der Waals surface area contributed by atoms with Crippen molar-refractivity contribution in [2.75, 3.05) is 32.9 Å². The molecule has 0 atom stereocenters. The van der Waals surface area contributed by atoms with Gasteiger partial charge in [-0.15, -0.1) is 0 Å². The lowest BCUT2D eigenvalue weighted by atomic mass is 10.1. The van der Waals surface area contributed by atoms with Gasteiger partial charge in [0.15, 0.2) is 27.9 Å². The van der Waals surface area contributed by atoms with E-state index in [0.29, 0.717) is 37.8 Å². The zero-order valence-corrected chi connectivity index (χ0v) is 17.8. The molecule has 0 amide bonds. The van der Waals surface area contributed by atoms with E-state index in [1.807, 2.05) is 0 Å². The van der Waals surface area contributed by atoms with Gasteiger partial charge in [-0.05, 0) is 35.9 Å².